The van der Waals surface area contributed by atoms with Crippen LogP contribution in [0, 0.1) is 0 Å². The first-order chi connectivity index (χ1) is 10.1. The normalized spacial score (nSPS) is 12.3. The molecule has 0 fully saturated rings. The molecule has 21 heavy (non-hydrogen) atoms. The smallest absolute Gasteiger partial charge is 0.244 e. The molecule has 0 radical (unpaired) electrons. The van der Waals surface area contributed by atoms with Gasteiger partial charge in [0.1, 0.15) is 6.04 Å². The second-order valence-electron chi connectivity index (χ2n) is 5.00. The van der Waals surface area contributed by atoms with Gasteiger partial charge in [-0.15, -0.1) is 13.2 Å². The number of carbonyl (C=O) groups excluding carboxylic acids is 1. The number of hydrogen-bond acceptors (Lipinski definition) is 2. The Labute approximate surface area is 127 Å². The minimum atomic E-state index is -0.301. The van der Waals surface area contributed by atoms with E-state index < -0.39 is 0 Å². The second kappa shape index (κ2) is 8.93. The Balaban J connectivity index is 2.89. The van der Waals surface area contributed by atoms with E-state index in [0.717, 1.165) is 5.56 Å². The Morgan fingerprint density at radius 3 is 2.19 bits per heavy atom. The van der Waals surface area contributed by atoms with Crippen molar-refractivity contribution in [3.8, 4) is 0 Å². The van der Waals surface area contributed by atoms with E-state index in [1.807, 2.05) is 61.5 Å². The molecule has 0 aliphatic heterocycles. The fourth-order valence-corrected chi connectivity index (χ4v) is 1.99. The van der Waals surface area contributed by atoms with Gasteiger partial charge in [0.05, 0.1) is 0 Å². The van der Waals surface area contributed by atoms with Crippen LogP contribution in [0.15, 0.2) is 61.7 Å². The third-order valence-electron chi connectivity index (χ3n) is 3.09. The van der Waals surface area contributed by atoms with Gasteiger partial charge in [-0.2, -0.15) is 0 Å². The molecule has 0 aliphatic rings. The van der Waals surface area contributed by atoms with Crippen LogP contribution in [0.5, 0.6) is 0 Å². The van der Waals surface area contributed by atoms with Crippen molar-refractivity contribution in [2.45, 2.75) is 6.04 Å². The van der Waals surface area contributed by atoms with Crippen LogP contribution in [0.4, 0.5) is 0 Å². The molecule has 112 valence electrons. The van der Waals surface area contributed by atoms with Gasteiger partial charge in [0.15, 0.2) is 0 Å². The zero-order valence-corrected chi connectivity index (χ0v) is 12.9. The fraction of sp³-hybridized carbons (Fsp3) is 0.278. The highest BCUT2D eigenvalue weighted by Gasteiger charge is 2.22. The highest BCUT2D eigenvalue weighted by molar-refractivity contribution is 5.85. The summed E-state index contributed by atoms with van der Waals surface area (Å²) in [5.74, 6) is 0.0481. The van der Waals surface area contributed by atoms with Crippen molar-refractivity contribution < 1.29 is 4.79 Å². The minimum absolute atomic E-state index is 0.0481. The SMILES string of the molecule is C=CCN(CC=C)C(=O)C(/C=C/c1ccccc1)N(C)C. The predicted molar refractivity (Wildman–Crippen MR) is 89.9 cm³/mol. The van der Waals surface area contributed by atoms with Gasteiger partial charge in [0.25, 0.3) is 0 Å². The Hall–Kier alpha value is -2.13. The molecule has 1 amide bonds. The summed E-state index contributed by atoms with van der Waals surface area (Å²) in [6, 6.07) is 9.66. The van der Waals surface area contributed by atoms with Crippen molar-refractivity contribution in [3.63, 3.8) is 0 Å². The van der Waals surface area contributed by atoms with Crippen molar-refractivity contribution in [1.82, 2.24) is 9.80 Å². The first-order valence-corrected chi connectivity index (χ1v) is 7.00. The van der Waals surface area contributed by atoms with Crippen LogP contribution >= 0.6 is 0 Å². The Bertz CT molecular complexity index is 481. The molecule has 0 spiro atoms. The number of benzene rings is 1. The molecule has 0 saturated heterocycles. The monoisotopic (exact) mass is 284 g/mol. The second-order valence-corrected chi connectivity index (χ2v) is 5.00. The van der Waals surface area contributed by atoms with Gasteiger partial charge in [0, 0.05) is 13.1 Å². The van der Waals surface area contributed by atoms with Crippen LogP contribution in [0.25, 0.3) is 6.08 Å². The summed E-state index contributed by atoms with van der Waals surface area (Å²) in [7, 11) is 3.80. The maximum atomic E-state index is 12.6. The van der Waals surface area contributed by atoms with Crippen molar-refractivity contribution >= 4 is 12.0 Å². The van der Waals surface area contributed by atoms with Crippen LogP contribution in [0.1, 0.15) is 5.56 Å². The molecule has 3 nitrogen and oxygen atoms in total. The molecule has 3 heteroatoms. The Morgan fingerprint density at radius 1 is 1.14 bits per heavy atom. The lowest BCUT2D eigenvalue weighted by molar-refractivity contribution is -0.133. The molecule has 1 aromatic rings. The molecule has 0 aliphatic carbocycles. The van der Waals surface area contributed by atoms with E-state index in [0.29, 0.717) is 13.1 Å². The molecular weight excluding hydrogens is 260 g/mol. The maximum Gasteiger partial charge on any atom is 0.244 e. The van der Waals surface area contributed by atoms with Gasteiger partial charge >= 0.3 is 0 Å². The predicted octanol–water partition coefficient (Wildman–Crippen LogP) is 2.83. The number of rotatable bonds is 8. The van der Waals surface area contributed by atoms with Crippen molar-refractivity contribution in [3.05, 3.63) is 67.3 Å². The molecule has 0 bridgehead atoms. The number of likely N-dealkylation sites (N-methyl/N-ethyl adjacent to an activating group) is 1. The van der Waals surface area contributed by atoms with Crippen LogP contribution < -0.4 is 0 Å². The van der Waals surface area contributed by atoms with Crippen LogP contribution in [0.3, 0.4) is 0 Å². The quantitative estimate of drug-likeness (QED) is 0.685. The first-order valence-electron chi connectivity index (χ1n) is 7.00. The van der Waals surface area contributed by atoms with Gasteiger partial charge in [-0.1, -0.05) is 54.6 Å². The molecule has 0 N–H and O–H groups in total. The summed E-state index contributed by atoms with van der Waals surface area (Å²) >= 11 is 0. The van der Waals surface area contributed by atoms with E-state index in [2.05, 4.69) is 13.2 Å². The van der Waals surface area contributed by atoms with E-state index in [-0.39, 0.29) is 11.9 Å². The highest BCUT2D eigenvalue weighted by atomic mass is 16.2. The molecule has 1 rings (SSSR count). The zero-order valence-electron chi connectivity index (χ0n) is 12.9. The van der Waals surface area contributed by atoms with E-state index >= 15 is 0 Å². The summed E-state index contributed by atoms with van der Waals surface area (Å²) in [6.45, 7) is 8.45. The van der Waals surface area contributed by atoms with Gasteiger partial charge in [0.2, 0.25) is 5.91 Å². The summed E-state index contributed by atoms with van der Waals surface area (Å²) in [5, 5.41) is 0. The van der Waals surface area contributed by atoms with Gasteiger partial charge in [-0.3, -0.25) is 9.69 Å². The topological polar surface area (TPSA) is 23.6 Å². The molecule has 0 heterocycles. The molecule has 1 aromatic carbocycles. The standard InChI is InChI=1S/C18H24N2O/c1-5-14-20(15-6-2)18(21)17(19(3)4)13-12-16-10-8-7-9-11-16/h5-13,17H,1-2,14-15H2,3-4H3/b13-12+. The van der Waals surface area contributed by atoms with Crippen molar-refractivity contribution in [1.29, 1.82) is 0 Å². The lowest BCUT2D eigenvalue weighted by atomic mass is 10.1. The summed E-state index contributed by atoms with van der Waals surface area (Å²) < 4.78 is 0. The summed E-state index contributed by atoms with van der Waals surface area (Å²) in [5.41, 5.74) is 1.08. The summed E-state index contributed by atoms with van der Waals surface area (Å²) in [4.78, 5) is 16.3. The zero-order chi connectivity index (χ0) is 15.7. The molecular formula is C18H24N2O. The van der Waals surface area contributed by atoms with Gasteiger partial charge < -0.3 is 4.90 Å². The van der Waals surface area contributed by atoms with Crippen LogP contribution in [0.2, 0.25) is 0 Å². The Morgan fingerprint density at radius 2 is 1.71 bits per heavy atom. The van der Waals surface area contributed by atoms with Crippen LogP contribution in [-0.4, -0.2) is 48.9 Å². The van der Waals surface area contributed by atoms with E-state index in [1.54, 1.807) is 17.1 Å². The maximum absolute atomic E-state index is 12.6. The van der Waals surface area contributed by atoms with Crippen LogP contribution in [-0.2, 0) is 4.79 Å². The molecule has 1 unspecified atom stereocenters. The minimum Gasteiger partial charge on any atom is -0.334 e. The fourth-order valence-electron chi connectivity index (χ4n) is 1.99. The van der Waals surface area contributed by atoms with Crippen molar-refractivity contribution in [2.24, 2.45) is 0 Å². The lowest BCUT2D eigenvalue weighted by Crippen LogP contribution is -2.45. The largest absolute Gasteiger partial charge is 0.334 e. The van der Waals surface area contributed by atoms with Crippen molar-refractivity contribution in [2.75, 3.05) is 27.2 Å². The van der Waals surface area contributed by atoms with E-state index in [4.69, 9.17) is 0 Å². The van der Waals surface area contributed by atoms with E-state index in [9.17, 15) is 4.79 Å². The van der Waals surface area contributed by atoms with Gasteiger partial charge in [-0.25, -0.2) is 0 Å². The third-order valence-corrected chi connectivity index (χ3v) is 3.09. The molecule has 0 aromatic heterocycles. The molecule has 0 saturated carbocycles. The number of carbonyl (C=O) groups is 1. The average Bonchev–Trinajstić information content (AvgIpc) is 2.47. The number of amides is 1. The Kier molecular flexibility index (Phi) is 7.19. The average molecular weight is 284 g/mol. The van der Waals surface area contributed by atoms with E-state index in [1.165, 1.54) is 0 Å². The lowest BCUT2D eigenvalue weighted by Gasteiger charge is -2.27. The molecule has 1 atom stereocenters. The summed E-state index contributed by atoms with van der Waals surface area (Å²) in [6.07, 6.45) is 7.36. The number of hydrogen-bond donors (Lipinski definition) is 0. The van der Waals surface area contributed by atoms with Gasteiger partial charge in [-0.05, 0) is 19.7 Å². The highest BCUT2D eigenvalue weighted by Crippen LogP contribution is 2.08. The third kappa shape index (κ3) is 5.40. The first kappa shape index (κ1) is 16.9. The number of nitrogens with zero attached hydrogens (tertiary/aromatic N) is 2.